The fourth-order valence-corrected chi connectivity index (χ4v) is 1.53. The second kappa shape index (κ2) is 4.95. The van der Waals surface area contributed by atoms with E-state index >= 15 is 0 Å². The van der Waals surface area contributed by atoms with Crippen LogP contribution in [0.25, 0.3) is 0 Å². The fraction of sp³-hybridized carbons (Fsp3) is 0.214. The lowest BCUT2D eigenvalue weighted by Gasteiger charge is -2.07. The Hall–Kier alpha value is -1.90. The molecule has 0 radical (unpaired) electrons. The van der Waals surface area contributed by atoms with Gasteiger partial charge in [-0.1, -0.05) is 6.07 Å². The van der Waals surface area contributed by atoms with E-state index in [2.05, 4.69) is 4.98 Å². The highest BCUT2D eigenvalue weighted by atomic mass is 19.1. The summed E-state index contributed by atoms with van der Waals surface area (Å²) < 4.78 is 18.8. The Morgan fingerprint density at radius 1 is 1.18 bits per heavy atom. The minimum atomic E-state index is -0.245. The van der Waals surface area contributed by atoms with Gasteiger partial charge in [-0.2, -0.15) is 0 Å². The number of nitrogens with zero attached hydrogens (tertiary/aromatic N) is 1. The SMILES string of the molecule is Cc1cncc(COc2ccc(C)c(F)c2)c1. The molecule has 1 aromatic carbocycles. The number of aryl methyl sites for hydroxylation is 2. The molecule has 88 valence electrons. The van der Waals surface area contributed by atoms with Gasteiger partial charge in [0.1, 0.15) is 18.2 Å². The molecule has 3 heteroatoms. The molecule has 0 atom stereocenters. The first kappa shape index (κ1) is 11.6. The van der Waals surface area contributed by atoms with Crippen molar-refractivity contribution in [1.29, 1.82) is 0 Å². The molecule has 0 aliphatic heterocycles. The van der Waals surface area contributed by atoms with Crippen LogP contribution < -0.4 is 4.74 Å². The van der Waals surface area contributed by atoms with E-state index in [0.717, 1.165) is 11.1 Å². The maximum atomic E-state index is 13.3. The summed E-state index contributed by atoms with van der Waals surface area (Å²) in [5.74, 6) is 0.291. The van der Waals surface area contributed by atoms with Crippen molar-refractivity contribution in [3.05, 3.63) is 59.2 Å². The van der Waals surface area contributed by atoms with Crippen LogP contribution in [0.4, 0.5) is 4.39 Å². The van der Waals surface area contributed by atoms with Crippen molar-refractivity contribution in [3.8, 4) is 5.75 Å². The highest BCUT2D eigenvalue weighted by molar-refractivity contribution is 5.28. The van der Waals surface area contributed by atoms with Crippen LogP contribution in [-0.4, -0.2) is 4.98 Å². The second-order valence-corrected chi connectivity index (χ2v) is 4.07. The fourth-order valence-electron chi connectivity index (χ4n) is 1.53. The molecule has 2 aromatic rings. The molecule has 0 saturated heterocycles. The second-order valence-electron chi connectivity index (χ2n) is 4.07. The summed E-state index contributed by atoms with van der Waals surface area (Å²) in [5.41, 5.74) is 2.68. The van der Waals surface area contributed by atoms with Crippen molar-refractivity contribution >= 4 is 0 Å². The molecular formula is C14H14FNO. The van der Waals surface area contributed by atoms with Gasteiger partial charge in [-0.3, -0.25) is 4.98 Å². The summed E-state index contributed by atoms with van der Waals surface area (Å²) >= 11 is 0. The Morgan fingerprint density at radius 3 is 2.71 bits per heavy atom. The van der Waals surface area contributed by atoms with Crippen molar-refractivity contribution in [3.63, 3.8) is 0 Å². The van der Waals surface area contributed by atoms with Crippen molar-refractivity contribution in [2.24, 2.45) is 0 Å². The first-order valence-corrected chi connectivity index (χ1v) is 5.44. The van der Waals surface area contributed by atoms with Gasteiger partial charge in [0.25, 0.3) is 0 Å². The Morgan fingerprint density at radius 2 is 2.00 bits per heavy atom. The Balaban J connectivity index is 2.05. The van der Waals surface area contributed by atoms with Crippen LogP contribution in [0, 0.1) is 19.7 Å². The third-order valence-electron chi connectivity index (χ3n) is 2.48. The van der Waals surface area contributed by atoms with Gasteiger partial charge in [0.15, 0.2) is 0 Å². The number of aromatic nitrogens is 1. The molecule has 2 nitrogen and oxygen atoms in total. The lowest BCUT2D eigenvalue weighted by Crippen LogP contribution is -1.97. The number of benzene rings is 1. The molecule has 0 amide bonds. The molecule has 0 aliphatic carbocycles. The molecule has 2 rings (SSSR count). The zero-order valence-electron chi connectivity index (χ0n) is 9.90. The third-order valence-corrected chi connectivity index (χ3v) is 2.48. The van der Waals surface area contributed by atoms with E-state index in [-0.39, 0.29) is 5.82 Å². The largest absolute Gasteiger partial charge is 0.489 e. The summed E-state index contributed by atoms with van der Waals surface area (Å²) in [7, 11) is 0. The molecule has 17 heavy (non-hydrogen) atoms. The van der Waals surface area contributed by atoms with E-state index in [1.54, 1.807) is 31.5 Å². The summed E-state index contributed by atoms with van der Waals surface area (Å²) in [6.07, 6.45) is 3.53. The van der Waals surface area contributed by atoms with Crippen molar-refractivity contribution < 1.29 is 9.13 Å². The molecule has 0 N–H and O–H groups in total. The smallest absolute Gasteiger partial charge is 0.129 e. The van der Waals surface area contributed by atoms with Crippen LogP contribution in [0.5, 0.6) is 5.75 Å². The van der Waals surface area contributed by atoms with Crippen molar-refractivity contribution in [2.75, 3.05) is 0 Å². The average Bonchev–Trinajstić information content (AvgIpc) is 2.31. The Labute approximate surface area is 100 Å². The molecule has 0 fully saturated rings. The summed E-state index contributed by atoms with van der Waals surface area (Å²) in [5, 5.41) is 0. The zero-order chi connectivity index (χ0) is 12.3. The molecule has 0 unspecified atom stereocenters. The number of rotatable bonds is 3. The number of halogens is 1. The zero-order valence-corrected chi connectivity index (χ0v) is 9.90. The number of pyridine rings is 1. The molecular weight excluding hydrogens is 217 g/mol. The first-order chi connectivity index (χ1) is 8.15. The molecule has 1 heterocycles. The van der Waals surface area contributed by atoms with Gasteiger partial charge in [0, 0.05) is 24.0 Å². The van der Waals surface area contributed by atoms with Crippen LogP contribution in [-0.2, 0) is 6.61 Å². The third kappa shape index (κ3) is 3.03. The first-order valence-electron chi connectivity index (χ1n) is 5.44. The highest BCUT2D eigenvalue weighted by Gasteiger charge is 2.01. The van der Waals surface area contributed by atoms with Crippen molar-refractivity contribution in [2.45, 2.75) is 20.5 Å². The van der Waals surface area contributed by atoms with E-state index in [1.807, 2.05) is 13.0 Å². The summed E-state index contributed by atoms with van der Waals surface area (Å²) in [4.78, 5) is 4.07. The van der Waals surface area contributed by atoms with E-state index in [4.69, 9.17) is 4.74 Å². The minimum absolute atomic E-state index is 0.245. The van der Waals surface area contributed by atoms with Gasteiger partial charge in [0.2, 0.25) is 0 Å². The molecule has 0 aliphatic rings. The van der Waals surface area contributed by atoms with E-state index in [1.165, 1.54) is 6.07 Å². The molecule has 0 spiro atoms. The Kier molecular flexibility index (Phi) is 3.38. The van der Waals surface area contributed by atoms with Crippen LogP contribution >= 0.6 is 0 Å². The summed E-state index contributed by atoms with van der Waals surface area (Å²) in [6.45, 7) is 4.10. The monoisotopic (exact) mass is 231 g/mol. The maximum absolute atomic E-state index is 13.3. The standard InChI is InChI=1S/C14H14FNO/c1-10-5-12(8-16-7-10)9-17-13-4-3-11(2)14(15)6-13/h3-8H,9H2,1-2H3. The van der Waals surface area contributed by atoms with Gasteiger partial charge in [-0.15, -0.1) is 0 Å². The van der Waals surface area contributed by atoms with E-state index in [9.17, 15) is 4.39 Å². The van der Waals surface area contributed by atoms with Gasteiger partial charge in [-0.05, 0) is 37.1 Å². The van der Waals surface area contributed by atoms with Gasteiger partial charge < -0.3 is 4.74 Å². The predicted molar refractivity (Wildman–Crippen MR) is 64.4 cm³/mol. The maximum Gasteiger partial charge on any atom is 0.129 e. The summed E-state index contributed by atoms with van der Waals surface area (Å²) in [6, 6.07) is 6.87. The molecule has 1 aromatic heterocycles. The normalized spacial score (nSPS) is 10.3. The molecule has 0 bridgehead atoms. The lowest BCUT2D eigenvalue weighted by atomic mass is 10.2. The van der Waals surface area contributed by atoms with Crippen LogP contribution in [0.3, 0.4) is 0 Å². The predicted octanol–water partition coefficient (Wildman–Crippen LogP) is 3.42. The lowest BCUT2D eigenvalue weighted by molar-refractivity contribution is 0.304. The average molecular weight is 231 g/mol. The van der Waals surface area contributed by atoms with E-state index in [0.29, 0.717) is 17.9 Å². The van der Waals surface area contributed by atoms with E-state index < -0.39 is 0 Å². The quantitative estimate of drug-likeness (QED) is 0.807. The van der Waals surface area contributed by atoms with Gasteiger partial charge in [0.05, 0.1) is 0 Å². The van der Waals surface area contributed by atoms with Gasteiger partial charge in [-0.25, -0.2) is 4.39 Å². The highest BCUT2D eigenvalue weighted by Crippen LogP contribution is 2.17. The van der Waals surface area contributed by atoms with Crippen LogP contribution in [0.1, 0.15) is 16.7 Å². The molecule has 0 saturated carbocycles. The number of hydrogen-bond donors (Lipinski definition) is 0. The Bertz CT molecular complexity index is 525. The number of ether oxygens (including phenoxy) is 1. The van der Waals surface area contributed by atoms with Crippen molar-refractivity contribution in [1.82, 2.24) is 4.98 Å². The van der Waals surface area contributed by atoms with Crippen LogP contribution in [0.2, 0.25) is 0 Å². The van der Waals surface area contributed by atoms with Crippen LogP contribution in [0.15, 0.2) is 36.7 Å². The number of hydrogen-bond acceptors (Lipinski definition) is 2. The minimum Gasteiger partial charge on any atom is -0.489 e. The topological polar surface area (TPSA) is 22.1 Å². The van der Waals surface area contributed by atoms with Gasteiger partial charge >= 0.3 is 0 Å².